The molecule has 3 nitrogen and oxygen atoms in total. The third-order valence-electron chi connectivity index (χ3n) is 3.73. The molecule has 122 valence electrons. The first-order chi connectivity index (χ1) is 11.1. The normalized spacial score (nSPS) is 10.4. The van der Waals surface area contributed by atoms with Crippen LogP contribution in [0.1, 0.15) is 24.2 Å². The van der Waals surface area contributed by atoms with Crippen molar-refractivity contribution in [1.82, 2.24) is 4.90 Å². The Hall–Kier alpha value is -1.77. The van der Waals surface area contributed by atoms with Crippen LogP contribution in [0.4, 0.5) is 5.69 Å². The molecule has 0 aliphatic heterocycles. The number of carbonyl (C=O) groups excluding carboxylic acids is 1. The van der Waals surface area contributed by atoms with Crippen LogP contribution in [0, 0.1) is 0 Å². The first-order valence-corrected chi connectivity index (χ1v) is 9.61. The van der Waals surface area contributed by atoms with Gasteiger partial charge in [0.25, 0.3) is 0 Å². The van der Waals surface area contributed by atoms with Gasteiger partial charge in [0.2, 0.25) is 0 Å². The molecule has 0 N–H and O–H groups in total. The zero-order valence-corrected chi connectivity index (χ0v) is 16.0. The predicted octanol–water partition coefficient (Wildman–Crippen LogP) is 1.89. The van der Waals surface area contributed by atoms with Gasteiger partial charge in [0.15, 0.2) is 0 Å². The second-order valence-electron chi connectivity index (χ2n) is 5.47. The molecule has 0 unspecified atom stereocenters. The molecule has 0 heterocycles. The van der Waals surface area contributed by atoms with Crippen molar-refractivity contribution in [1.29, 1.82) is 0 Å². The summed E-state index contributed by atoms with van der Waals surface area (Å²) in [6.45, 7) is 5.53. The van der Waals surface area contributed by atoms with Gasteiger partial charge in [-0.25, -0.2) is 0 Å². The van der Waals surface area contributed by atoms with Crippen LogP contribution in [0.25, 0.3) is 0 Å². The van der Waals surface area contributed by atoms with Crippen molar-refractivity contribution in [3.63, 3.8) is 0 Å². The predicted molar refractivity (Wildman–Crippen MR) is 99.5 cm³/mol. The first kappa shape index (κ1) is 17.6. The van der Waals surface area contributed by atoms with Crippen molar-refractivity contribution >= 4 is 35.5 Å². The van der Waals surface area contributed by atoms with Crippen LogP contribution in [0.3, 0.4) is 0 Å². The third-order valence-corrected chi connectivity index (χ3v) is 5.97. The molecule has 0 saturated heterocycles. The molecule has 0 aliphatic carbocycles. The van der Waals surface area contributed by atoms with Gasteiger partial charge in [-0.3, -0.25) is 0 Å². The van der Waals surface area contributed by atoms with Crippen molar-refractivity contribution in [3.8, 4) is 0 Å². The Labute approximate surface area is 145 Å². The summed E-state index contributed by atoms with van der Waals surface area (Å²) in [6, 6.07) is 16.6. The minimum absolute atomic E-state index is 0.116. The molecular weight excluding hydrogens is 351 g/mol. The fraction of sp³-hybridized carbons (Fsp3) is 0.316. The van der Waals surface area contributed by atoms with E-state index < -0.39 is 0 Å². The summed E-state index contributed by atoms with van der Waals surface area (Å²) in [7, 11) is 4.06. The quantitative estimate of drug-likeness (QED) is 0.720. The van der Waals surface area contributed by atoms with Gasteiger partial charge < -0.3 is 0 Å². The Bertz CT molecular complexity index is 652. The summed E-state index contributed by atoms with van der Waals surface area (Å²) in [6.07, 6.45) is 0. The molecule has 2 aromatic carbocycles. The number of hydrogen-bond donors (Lipinski definition) is 0. The van der Waals surface area contributed by atoms with Gasteiger partial charge in [-0.2, -0.15) is 0 Å². The van der Waals surface area contributed by atoms with E-state index in [4.69, 9.17) is 0 Å². The van der Waals surface area contributed by atoms with Crippen molar-refractivity contribution in [3.05, 3.63) is 54.1 Å². The molecular formula is C19H24N2OSe. The van der Waals surface area contributed by atoms with Gasteiger partial charge in [0, 0.05) is 0 Å². The fourth-order valence-electron chi connectivity index (χ4n) is 2.35. The van der Waals surface area contributed by atoms with E-state index in [1.165, 1.54) is 4.46 Å². The Kier molecular flexibility index (Phi) is 6.26. The van der Waals surface area contributed by atoms with E-state index in [1.54, 1.807) is 0 Å². The maximum absolute atomic E-state index is 12.8. The Balaban J connectivity index is 2.42. The van der Waals surface area contributed by atoms with Gasteiger partial charge in [-0.1, -0.05) is 0 Å². The zero-order chi connectivity index (χ0) is 16.8. The van der Waals surface area contributed by atoms with Crippen molar-refractivity contribution in [2.75, 3.05) is 32.1 Å². The molecule has 0 fully saturated rings. The van der Waals surface area contributed by atoms with Crippen LogP contribution >= 0.6 is 0 Å². The Morgan fingerprint density at radius 3 is 2.22 bits per heavy atom. The van der Waals surface area contributed by atoms with E-state index in [-0.39, 0.29) is 20.9 Å². The van der Waals surface area contributed by atoms with Gasteiger partial charge in [-0.15, -0.1) is 0 Å². The molecule has 4 heteroatoms. The van der Waals surface area contributed by atoms with Crippen molar-refractivity contribution < 1.29 is 4.79 Å². The summed E-state index contributed by atoms with van der Waals surface area (Å²) in [5.41, 5.74) is 1.97. The average Bonchev–Trinajstić information content (AvgIpc) is 2.56. The van der Waals surface area contributed by atoms with Crippen molar-refractivity contribution in [2.45, 2.75) is 13.8 Å². The Morgan fingerprint density at radius 2 is 1.65 bits per heavy atom. The van der Waals surface area contributed by atoms with E-state index in [1.807, 2.05) is 51.0 Å². The summed E-state index contributed by atoms with van der Waals surface area (Å²) in [5, 5.41) is 0. The molecule has 2 aromatic rings. The molecule has 0 atom stereocenters. The van der Waals surface area contributed by atoms with Crippen LogP contribution in [0.5, 0.6) is 0 Å². The molecule has 0 saturated carbocycles. The molecule has 23 heavy (non-hydrogen) atoms. The molecule has 1 amide bonds. The van der Waals surface area contributed by atoms with Gasteiger partial charge in [0.1, 0.15) is 0 Å². The van der Waals surface area contributed by atoms with Crippen LogP contribution in [-0.2, 0) is 0 Å². The van der Waals surface area contributed by atoms with Gasteiger partial charge in [-0.05, 0) is 0 Å². The van der Waals surface area contributed by atoms with Crippen LogP contribution in [0.15, 0.2) is 48.5 Å². The standard InChI is InChI=1S/C19H24N2OSe/c1-5-21(6-2)19(22)17-13-12-15(20(3)4)14-18(17)23-16-10-8-7-9-11-16/h7-14H,5-6H2,1-4H3. The average molecular weight is 375 g/mol. The van der Waals surface area contributed by atoms with Crippen molar-refractivity contribution in [2.24, 2.45) is 0 Å². The molecule has 0 aliphatic rings. The summed E-state index contributed by atoms with van der Waals surface area (Å²) in [4.78, 5) is 16.8. The van der Waals surface area contributed by atoms with E-state index in [9.17, 15) is 4.79 Å². The number of anilines is 1. The number of hydrogen-bond acceptors (Lipinski definition) is 2. The number of nitrogens with zero attached hydrogens (tertiary/aromatic N) is 2. The SMILES string of the molecule is CCN(CC)C(=O)c1ccc(N(C)C)cc1[Se]c1ccccc1. The topological polar surface area (TPSA) is 23.6 Å². The van der Waals surface area contributed by atoms with E-state index >= 15 is 0 Å². The molecule has 0 bridgehead atoms. The fourth-order valence-corrected chi connectivity index (χ4v) is 4.43. The van der Waals surface area contributed by atoms with E-state index in [0.29, 0.717) is 0 Å². The summed E-state index contributed by atoms with van der Waals surface area (Å²) < 4.78 is 2.43. The molecule has 0 spiro atoms. The molecule has 2 rings (SSSR count). The first-order valence-electron chi connectivity index (χ1n) is 7.90. The molecule has 0 aromatic heterocycles. The maximum atomic E-state index is 12.8. The second kappa shape index (κ2) is 8.19. The minimum atomic E-state index is 0.116. The number of rotatable bonds is 6. The Morgan fingerprint density at radius 1 is 1.00 bits per heavy atom. The van der Waals surface area contributed by atoms with E-state index in [2.05, 4.69) is 35.2 Å². The third kappa shape index (κ3) is 4.37. The summed E-state index contributed by atoms with van der Waals surface area (Å²) in [5.74, 6) is 0.133. The van der Waals surface area contributed by atoms with Gasteiger partial charge in [0.05, 0.1) is 0 Å². The summed E-state index contributed by atoms with van der Waals surface area (Å²) >= 11 is 0.116. The monoisotopic (exact) mass is 376 g/mol. The second-order valence-corrected chi connectivity index (χ2v) is 7.81. The number of carbonyl (C=O) groups is 1. The number of benzene rings is 2. The van der Waals surface area contributed by atoms with Crippen LogP contribution in [0.2, 0.25) is 0 Å². The zero-order valence-electron chi connectivity index (χ0n) is 14.2. The van der Waals surface area contributed by atoms with Crippen LogP contribution < -0.4 is 13.8 Å². The van der Waals surface area contributed by atoms with E-state index in [0.717, 1.165) is 28.8 Å². The molecule has 0 radical (unpaired) electrons. The van der Waals surface area contributed by atoms with Gasteiger partial charge >= 0.3 is 145 Å². The number of amides is 1. The van der Waals surface area contributed by atoms with Crippen LogP contribution in [-0.4, -0.2) is 52.9 Å².